The van der Waals surface area contributed by atoms with Crippen molar-refractivity contribution in [2.45, 2.75) is 52.2 Å². The molecule has 3 heteroatoms. The quantitative estimate of drug-likeness (QED) is 0.676. The first kappa shape index (κ1) is 13.9. The van der Waals surface area contributed by atoms with Gasteiger partial charge in [-0.3, -0.25) is 0 Å². The van der Waals surface area contributed by atoms with Crippen LogP contribution in [-0.4, -0.2) is 48.3 Å². The molecule has 1 saturated heterocycles. The van der Waals surface area contributed by atoms with Crippen LogP contribution >= 0.6 is 0 Å². The minimum Gasteiger partial charge on any atom is -0.393 e. The molecule has 0 aliphatic carbocycles. The lowest BCUT2D eigenvalue weighted by Gasteiger charge is -2.33. The van der Waals surface area contributed by atoms with Crippen molar-refractivity contribution in [3.8, 4) is 0 Å². The van der Waals surface area contributed by atoms with Crippen molar-refractivity contribution >= 4 is 0 Å². The molecule has 2 N–H and O–H groups in total. The number of hydrogen-bond donors (Lipinski definition) is 2. The Bertz CT molecular complexity index is 175. The molecule has 1 rings (SSSR count). The predicted octanol–water partition coefficient (Wildman–Crippen LogP) is 1.47. The van der Waals surface area contributed by atoms with E-state index in [-0.39, 0.29) is 6.10 Å². The number of hydrogen-bond acceptors (Lipinski definition) is 3. The van der Waals surface area contributed by atoms with Crippen LogP contribution in [-0.2, 0) is 0 Å². The number of piperidine rings is 1. The predicted molar refractivity (Wildman–Crippen MR) is 68.6 cm³/mol. The highest BCUT2D eigenvalue weighted by atomic mass is 16.3. The summed E-state index contributed by atoms with van der Waals surface area (Å²) in [5.41, 5.74) is 0. The highest BCUT2D eigenvalue weighted by Gasteiger charge is 2.21. The first-order chi connectivity index (χ1) is 7.59. The van der Waals surface area contributed by atoms with Gasteiger partial charge in [-0.2, -0.15) is 0 Å². The van der Waals surface area contributed by atoms with Gasteiger partial charge in [0.1, 0.15) is 0 Å². The van der Waals surface area contributed by atoms with E-state index in [0.717, 1.165) is 32.5 Å². The normalized spacial score (nSPS) is 21.6. The van der Waals surface area contributed by atoms with E-state index < -0.39 is 0 Å². The lowest BCUT2D eigenvalue weighted by Crippen LogP contribution is -2.38. The summed E-state index contributed by atoms with van der Waals surface area (Å²) in [6.07, 6.45) is 3.44. The van der Waals surface area contributed by atoms with Gasteiger partial charge in [0.2, 0.25) is 0 Å². The molecule has 1 aliphatic heterocycles. The van der Waals surface area contributed by atoms with E-state index >= 15 is 0 Å². The molecule has 16 heavy (non-hydrogen) atoms. The Kier molecular flexibility index (Phi) is 6.32. The SMILES string of the molecule is CC(C)NCCCN1CCC(C(C)O)CC1. The molecule has 3 nitrogen and oxygen atoms in total. The summed E-state index contributed by atoms with van der Waals surface area (Å²) in [6.45, 7) is 10.9. The number of aliphatic hydroxyl groups is 1. The van der Waals surface area contributed by atoms with Gasteiger partial charge in [0, 0.05) is 6.04 Å². The average molecular weight is 228 g/mol. The topological polar surface area (TPSA) is 35.5 Å². The highest BCUT2D eigenvalue weighted by molar-refractivity contribution is 4.75. The first-order valence-electron chi connectivity index (χ1n) is 6.73. The second-order valence-corrected chi connectivity index (χ2v) is 5.38. The van der Waals surface area contributed by atoms with Gasteiger partial charge in [-0.1, -0.05) is 13.8 Å². The summed E-state index contributed by atoms with van der Waals surface area (Å²) in [6, 6.07) is 0.598. The highest BCUT2D eigenvalue weighted by Crippen LogP contribution is 2.20. The first-order valence-corrected chi connectivity index (χ1v) is 6.73. The van der Waals surface area contributed by atoms with Gasteiger partial charge in [0.15, 0.2) is 0 Å². The third-order valence-corrected chi connectivity index (χ3v) is 3.52. The third-order valence-electron chi connectivity index (χ3n) is 3.52. The van der Waals surface area contributed by atoms with Crippen LogP contribution in [0.25, 0.3) is 0 Å². The molecule has 1 aliphatic rings. The van der Waals surface area contributed by atoms with Crippen molar-refractivity contribution in [3.63, 3.8) is 0 Å². The Balaban J connectivity index is 2.04. The molecule has 1 atom stereocenters. The summed E-state index contributed by atoms with van der Waals surface area (Å²) < 4.78 is 0. The van der Waals surface area contributed by atoms with Gasteiger partial charge in [0.05, 0.1) is 6.10 Å². The molecular weight excluding hydrogens is 200 g/mol. The average Bonchev–Trinajstić information content (AvgIpc) is 2.25. The van der Waals surface area contributed by atoms with E-state index in [1.807, 2.05) is 6.92 Å². The van der Waals surface area contributed by atoms with Gasteiger partial charge in [0.25, 0.3) is 0 Å². The fraction of sp³-hybridized carbons (Fsp3) is 1.00. The molecule has 1 unspecified atom stereocenters. The molecule has 0 saturated carbocycles. The zero-order valence-corrected chi connectivity index (χ0v) is 11.1. The zero-order valence-electron chi connectivity index (χ0n) is 11.1. The molecule has 1 fully saturated rings. The van der Waals surface area contributed by atoms with Crippen molar-refractivity contribution in [3.05, 3.63) is 0 Å². The van der Waals surface area contributed by atoms with Crippen molar-refractivity contribution in [1.29, 1.82) is 0 Å². The summed E-state index contributed by atoms with van der Waals surface area (Å²) in [4.78, 5) is 2.53. The smallest absolute Gasteiger partial charge is 0.0541 e. The number of rotatable bonds is 6. The van der Waals surface area contributed by atoms with Crippen molar-refractivity contribution in [2.75, 3.05) is 26.2 Å². The summed E-state index contributed by atoms with van der Waals surface area (Å²) in [5, 5.41) is 13.0. The van der Waals surface area contributed by atoms with Crippen LogP contribution in [0.2, 0.25) is 0 Å². The van der Waals surface area contributed by atoms with Gasteiger partial charge >= 0.3 is 0 Å². The second-order valence-electron chi connectivity index (χ2n) is 5.38. The summed E-state index contributed by atoms with van der Waals surface area (Å²) >= 11 is 0. The number of likely N-dealkylation sites (tertiary alicyclic amines) is 1. The second kappa shape index (κ2) is 7.25. The molecule has 0 amide bonds. The maximum absolute atomic E-state index is 9.51. The molecule has 1 heterocycles. The number of nitrogens with one attached hydrogen (secondary N) is 1. The van der Waals surface area contributed by atoms with E-state index in [1.54, 1.807) is 0 Å². The van der Waals surface area contributed by atoms with Gasteiger partial charge in [-0.25, -0.2) is 0 Å². The lowest BCUT2D eigenvalue weighted by atomic mass is 9.92. The van der Waals surface area contributed by atoms with Gasteiger partial charge in [-0.15, -0.1) is 0 Å². The standard InChI is InChI=1S/C13H28N2O/c1-11(2)14-7-4-8-15-9-5-13(6-10-15)12(3)16/h11-14,16H,4-10H2,1-3H3. The van der Waals surface area contributed by atoms with Crippen LogP contribution in [0, 0.1) is 5.92 Å². The fourth-order valence-corrected chi connectivity index (χ4v) is 2.35. The van der Waals surface area contributed by atoms with Crippen LogP contribution in [0.4, 0.5) is 0 Å². The van der Waals surface area contributed by atoms with Crippen LogP contribution < -0.4 is 5.32 Å². The molecule has 0 aromatic rings. The molecule has 0 aromatic carbocycles. The van der Waals surface area contributed by atoms with E-state index in [2.05, 4.69) is 24.1 Å². The fourth-order valence-electron chi connectivity index (χ4n) is 2.35. The summed E-state index contributed by atoms with van der Waals surface area (Å²) in [7, 11) is 0. The third kappa shape index (κ3) is 5.28. The Hall–Kier alpha value is -0.120. The Labute approximate surface area is 100 Å². The maximum atomic E-state index is 9.51. The lowest BCUT2D eigenvalue weighted by molar-refractivity contribution is 0.0715. The van der Waals surface area contributed by atoms with E-state index in [0.29, 0.717) is 12.0 Å². The van der Waals surface area contributed by atoms with Crippen LogP contribution in [0.1, 0.15) is 40.0 Å². The molecular formula is C13H28N2O. The van der Waals surface area contributed by atoms with E-state index in [4.69, 9.17) is 0 Å². The maximum Gasteiger partial charge on any atom is 0.0541 e. The minimum absolute atomic E-state index is 0.121. The Morgan fingerprint density at radius 2 is 1.88 bits per heavy atom. The molecule has 0 bridgehead atoms. The molecule has 0 aromatic heterocycles. The summed E-state index contributed by atoms with van der Waals surface area (Å²) in [5.74, 6) is 0.532. The molecule has 0 radical (unpaired) electrons. The van der Waals surface area contributed by atoms with Crippen molar-refractivity contribution in [1.82, 2.24) is 10.2 Å². The Morgan fingerprint density at radius 1 is 1.25 bits per heavy atom. The van der Waals surface area contributed by atoms with Crippen LogP contribution in [0.5, 0.6) is 0 Å². The van der Waals surface area contributed by atoms with Crippen LogP contribution in [0.15, 0.2) is 0 Å². The van der Waals surface area contributed by atoms with Crippen molar-refractivity contribution < 1.29 is 5.11 Å². The van der Waals surface area contributed by atoms with Crippen LogP contribution in [0.3, 0.4) is 0 Å². The largest absolute Gasteiger partial charge is 0.393 e. The molecule has 0 spiro atoms. The number of aliphatic hydroxyl groups excluding tert-OH is 1. The Morgan fingerprint density at radius 3 is 2.38 bits per heavy atom. The monoisotopic (exact) mass is 228 g/mol. The molecule has 96 valence electrons. The van der Waals surface area contributed by atoms with Gasteiger partial charge in [-0.05, 0) is 58.3 Å². The van der Waals surface area contributed by atoms with E-state index in [1.165, 1.54) is 13.0 Å². The zero-order chi connectivity index (χ0) is 12.0. The van der Waals surface area contributed by atoms with Gasteiger partial charge < -0.3 is 15.3 Å². The van der Waals surface area contributed by atoms with Crippen molar-refractivity contribution in [2.24, 2.45) is 5.92 Å². The number of nitrogens with zero attached hydrogens (tertiary/aromatic N) is 1. The van der Waals surface area contributed by atoms with E-state index in [9.17, 15) is 5.11 Å². The minimum atomic E-state index is -0.121.